The number of rotatable bonds is 6. The van der Waals surface area contributed by atoms with Gasteiger partial charge >= 0.3 is 0 Å². The molecule has 0 unspecified atom stereocenters. The van der Waals surface area contributed by atoms with Gasteiger partial charge in [0.1, 0.15) is 11.9 Å². The van der Waals surface area contributed by atoms with E-state index >= 15 is 0 Å². The fourth-order valence-corrected chi connectivity index (χ4v) is 2.75. The second kappa shape index (κ2) is 7.31. The van der Waals surface area contributed by atoms with Crippen LogP contribution in [0.5, 0.6) is 0 Å². The third-order valence-corrected chi connectivity index (χ3v) is 3.93. The molecule has 2 atom stereocenters. The Labute approximate surface area is 125 Å². The van der Waals surface area contributed by atoms with Gasteiger partial charge in [0, 0.05) is 26.2 Å². The summed E-state index contributed by atoms with van der Waals surface area (Å²) in [4.78, 5) is 6.69. The number of aromatic nitrogens is 3. The number of nitrogens with one attached hydrogen (secondary N) is 1. The minimum Gasteiger partial charge on any atom is -0.377 e. The summed E-state index contributed by atoms with van der Waals surface area (Å²) in [7, 11) is 0. The van der Waals surface area contributed by atoms with Gasteiger partial charge in [0.25, 0.3) is 0 Å². The summed E-state index contributed by atoms with van der Waals surface area (Å²) < 4.78 is 17.0. The van der Waals surface area contributed by atoms with Gasteiger partial charge < -0.3 is 14.2 Å². The first-order chi connectivity index (χ1) is 10.3. The monoisotopic (exact) mass is 296 g/mol. The Balaban J connectivity index is 1.37. The lowest BCUT2D eigenvalue weighted by molar-refractivity contribution is -0.0467. The third kappa shape index (κ3) is 4.23. The van der Waals surface area contributed by atoms with Gasteiger partial charge in [-0.15, -0.1) is 0 Å². The van der Waals surface area contributed by atoms with Gasteiger partial charge in [0.2, 0.25) is 0 Å². The van der Waals surface area contributed by atoms with Crippen LogP contribution in [0.1, 0.15) is 30.6 Å². The van der Waals surface area contributed by atoms with Gasteiger partial charge in [-0.1, -0.05) is 0 Å². The first-order valence-electron chi connectivity index (χ1n) is 7.73. The van der Waals surface area contributed by atoms with Crippen LogP contribution in [0.25, 0.3) is 0 Å². The highest BCUT2D eigenvalue weighted by molar-refractivity contribution is 4.95. The molecule has 3 heterocycles. The summed E-state index contributed by atoms with van der Waals surface area (Å²) in [6.45, 7) is 7.61. The lowest BCUT2D eigenvalue weighted by atomic mass is 10.2. The van der Waals surface area contributed by atoms with Gasteiger partial charge in [-0.05, 0) is 19.8 Å². The first kappa shape index (κ1) is 14.9. The zero-order chi connectivity index (χ0) is 14.5. The zero-order valence-corrected chi connectivity index (χ0v) is 12.6. The number of hydrogen-bond acceptors (Lipinski definition) is 6. The molecule has 3 rings (SSSR count). The number of ether oxygens (including phenoxy) is 3. The van der Waals surface area contributed by atoms with E-state index in [9.17, 15) is 0 Å². The predicted octanol–water partition coefficient (Wildman–Crippen LogP) is 0.682. The van der Waals surface area contributed by atoms with Crippen molar-refractivity contribution in [3.63, 3.8) is 0 Å². The van der Waals surface area contributed by atoms with E-state index in [2.05, 4.69) is 20.1 Å². The van der Waals surface area contributed by atoms with Crippen molar-refractivity contribution in [3.05, 3.63) is 11.6 Å². The van der Waals surface area contributed by atoms with Crippen LogP contribution in [0.3, 0.4) is 0 Å². The Bertz CT molecular complexity index is 434. The maximum Gasteiger partial charge on any atom is 0.180 e. The molecule has 0 aliphatic carbocycles. The molecule has 2 aliphatic rings. The predicted molar refractivity (Wildman–Crippen MR) is 76.0 cm³/mol. The molecule has 1 N–H and O–H groups in total. The summed E-state index contributed by atoms with van der Waals surface area (Å²) in [5, 5.41) is 7.05. The molecule has 0 radical (unpaired) electrons. The molecule has 21 heavy (non-hydrogen) atoms. The third-order valence-electron chi connectivity index (χ3n) is 3.93. The molecular weight excluding hydrogens is 272 g/mol. The largest absolute Gasteiger partial charge is 0.377 e. The Hall–Kier alpha value is -1.02. The van der Waals surface area contributed by atoms with Gasteiger partial charge in [-0.3, -0.25) is 10.00 Å². The number of aromatic amines is 1. The van der Waals surface area contributed by atoms with Gasteiger partial charge in [-0.25, -0.2) is 4.98 Å². The molecule has 7 heteroatoms. The Kier molecular flexibility index (Phi) is 5.18. The normalized spacial score (nSPS) is 27.3. The van der Waals surface area contributed by atoms with Crippen molar-refractivity contribution in [2.45, 2.75) is 32.0 Å². The number of aryl methyl sites for hydroxylation is 1. The molecular formula is C14H24N4O3. The van der Waals surface area contributed by atoms with Crippen LogP contribution in [0, 0.1) is 6.92 Å². The average molecular weight is 296 g/mol. The standard InChI is InChI=1S/C14H24N4O3/c1-11-15-14(17-16-11)13-9-18(5-8-21-13)4-7-19-10-12-3-2-6-20-12/h12-13H,2-10H2,1H3,(H,15,16,17)/t12-,13+/m1/s1. The van der Waals surface area contributed by atoms with E-state index in [1.54, 1.807) is 0 Å². The van der Waals surface area contributed by atoms with Crippen molar-refractivity contribution >= 4 is 0 Å². The summed E-state index contributed by atoms with van der Waals surface area (Å²) in [5.41, 5.74) is 0. The molecule has 0 aromatic carbocycles. The van der Waals surface area contributed by atoms with Crippen LogP contribution in [0.15, 0.2) is 0 Å². The summed E-state index contributed by atoms with van der Waals surface area (Å²) in [5.74, 6) is 1.57. The number of hydrogen-bond donors (Lipinski definition) is 1. The maximum atomic E-state index is 5.75. The van der Waals surface area contributed by atoms with Crippen molar-refractivity contribution in [2.75, 3.05) is 46.1 Å². The molecule has 2 fully saturated rings. The van der Waals surface area contributed by atoms with Crippen molar-refractivity contribution in [1.29, 1.82) is 0 Å². The molecule has 2 saturated heterocycles. The molecule has 2 aliphatic heterocycles. The fraction of sp³-hybridized carbons (Fsp3) is 0.857. The van der Waals surface area contributed by atoms with Gasteiger partial charge in [-0.2, -0.15) is 5.10 Å². The molecule has 1 aromatic heterocycles. The minimum atomic E-state index is -0.0399. The highest BCUT2D eigenvalue weighted by Crippen LogP contribution is 2.18. The van der Waals surface area contributed by atoms with Crippen LogP contribution in [0.2, 0.25) is 0 Å². The molecule has 0 spiro atoms. The van der Waals surface area contributed by atoms with E-state index < -0.39 is 0 Å². The van der Waals surface area contributed by atoms with Crippen molar-refractivity contribution in [2.24, 2.45) is 0 Å². The second-order valence-corrected chi connectivity index (χ2v) is 5.65. The van der Waals surface area contributed by atoms with Crippen LogP contribution in [0.4, 0.5) is 0 Å². The Morgan fingerprint density at radius 3 is 3.10 bits per heavy atom. The highest BCUT2D eigenvalue weighted by atomic mass is 16.5. The molecule has 0 saturated carbocycles. The van der Waals surface area contributed by atoms with E-state index in [4.69, 9.17) is 14.2 Å². The van der Waals surface area contributed by atoms with Crippen LogP contribution < -0.4 is 0 Å². The lowest BCUT2D eigenvalue weighted by Gasteiger charge is -2.31. The van der Waals surface area contributed by atoms with Crippen molar-refractivity contribution < 1.29 is 14.2 Å². The number of H-pyrrole nitrogens is 1. The Morgan fingerprint density at radius 1 is 1.38 bits per heavy atom. The Morgan fingerprint density at radius 2 is 2.33 bits per heavy atom. The fourth-order valence-electron chi connectivity index (χ4n) is 2.75. The maximum absolute atomic E-state index is 5.75. The molecule has 0 bridgehead atoms. The van der Waals surface area contributed by atoms with Gasteiger partial charge in [0.05, 0.1) is 25.9 Å². The molecule has 7 nitrogen and oxygen atoms in total. The molecule has 1 aromatic rings. The number of nitrogens with zero attached hydrogens (tertiary/aromatic N) is 3. The lowest BCUT2D eigenvalue weighted by Crippen LogP contribution is -2.40. The van der Waals surface area contributed by atoms with Crippen LogP contribution in [-0.4, -0.2) is 72.2 Å². The van der Waals surface area contributed by atoms with E-state index in [0.29, 0.717) is 19.3 Å². The second-order valence-electron chi connectivity index (χ2n) is 5.65. The van der Waals surface area contributed by atoms with E-state index in [-0.39, 0.29) is 6.10 Å². The van der Waals surface area contributed by atoms with Gasteiger partial charge in [0.15, 0.2) is 5.82 Å². The molecule has 118 valence electrons. The summed E-state index contributed by atoms with van der Waals surface area (Å²) in [6.07, 6.45) is 2.56. The van der Waals surface area contributed by atoms with E-state index in [0.717, 1.165) is 57.3 Å². The van der Waals surface area contributed by atoms with Crippen LogP contribution >= 0.6 is 0 Å². The minimum absolute atomic E-state index is 0.0399. The number of morpholine rings is 1. The summed E-state index contributed by atoms with van der Waals surface area (Å²) in [6, 6.07) is 0. The smallest absolute Gasteiger partial charge is 0.180 e. The van der Waals surface area contributed by atoms with Crippen molar-refractivity contribution in [3.8, 4) is 0 Å². The quantitative estimate of drug-likeness (QED) is 0.778. The average Bonchev–Trinajstić information content (AvgIpc) is 3.15. The van der Waals surface area contributed by atoms with Crippen LogP contribution in [-0.2, 0) is 14.2 Å². The van der Waals surface area contributed by atoms with E-state index in [1.807, 2.05) is 6.92 Å². The zero-order valence-electron chi connectivity index (χ0n) is 12.6. The highest BCUT2D eigenvalue weighted by Gasteiger charge is 2.25. The topological polar surface area (TPSA) is 72.5 Å². The molecule has 0 amide bonds. The first-order valence-corrected chi connectivity index (χ1v) is 7.73. The SMILES string of the molecule is Cc1nc([C@@H]2CN(CCOC[C@H]3CCCO3)CCO2)n[nH]1. The van der Waals surface area contributed by atoms with Crippen molar-refractivity contribution in [1.82, 2.24) is 20.1 Å². The summed E-state index contributed by atoms with van der Waals surface area (Å²) >= 11 is 0. The van der Waals surface area contributed by atoms with E-state index in [1.165, 1.54) is 0 Å².